The van der Waals surface area contributed by atoms with Crippen molar-refractivity contribution in [2.45, 2.75) is 50.5 Å². The van der Waals surface area contributed by atoms with E-state index in [0.29, 0.717) is 12.0 Å². The van der Waals surface area contributed by atoms with Crippen molar-refractivity contribution in [2.24, 2.45) is 11.8 Å². The minimum absolute atomic E-state index is 0.225. The monoisotopic (exact) mass is 296 g/mol. The Morgan fingerprint density at radius 1 is 1.10 bits per heavy atom. The lowest BCUT2D eigenvalue weighted by Crippen LogP contribution is -2.33. The molecule has 4 atom stereocenters. The summed E-state index contributed by atoms with van der Waals surface area (Å²) < 4.78 is 19.1. The predicted octanol–water partition coefficient (Wildman–Crippen LogP) is 5.18. The molecule has 0 heterocycles. The Balaban J connectivity index is 1.68. The third-order valence-corrected chi connectivity index (χ3v) is 5.62. The number of halogens is 2. The molecule has 2 aliphatic carbocycles. The molecule has 0 radical (unpaired) electrons. The Kier molecular flexibility index (Phi) is 4.32. The number of ether oxygens (including phenoxy) is 1. The van der Waals surface area contributed by atoms with Gasteiger partial charge in [-0.15, -0.1) is 0 Å². The van der Waals surface area contributed by atoms with Gasteiger partial charge in [-0.25, -0.2) is 4.39 Å². The molecule has 20 heavy (non-hydrogen) atoms. The second-order valence-corrected chi connectivity index (χ2v) is 6.78. The fourth-order valence-electron chi connectivity index (χ4n) is 4.13. The fourth-order valence-corrected chi connectivity index (χ4v) is 4.25. The largest absolute Gasteiger partial charge is 0.381 e. The van der Waals surface area contributed by atoms with Gasteiger partial charge in [0.2, 0.25) is 0 Å². The van der Waals surface area contributed by atoms with Crippen LogP contribution in [-0.2, 0) is 4.74 Å². The van der Waals surface area contributed by atoms with Crippen molar-refractivity contribution >= 4 is 11.6 Å². The smallest absolute Gasteiger partial charge is 0.142 e. The van der Waals surface area contributed by atoms with Crippen molar-refractivity contribution < 1.29 is 9.13 Å². The summed E-state index contributed by atoms with van der Waals surface area (Å²) in [7, 11) is 1.83. The third kappa shape index (κ3) is 2.87. The first-order valence-corrected chi connectivity index (χ1v) is 8.03. The SMILES string of the molecule is COC1CCC2CC(c3ccc(Cl)c(F)c3)CCC2C1. The second kappa shape index (κ2) is 6.03. The Morgan fingerprint density at radius 3 is 2.60 bits per heavy atom. The molecule has 3 heteroatoms. The van der Waals surface area contributed by atoms with E-state index in [2.05, 4.69) is 0 Å². The van der Waals surface area contributed by atoms with Crippen molar-refractivity contribution in [3.8, 4) is 0 Å². The lowest BCUT2D eigenvalue weighted by atomic mass is 9.65. The van der Waals surface area contributed by atoms with Gasteiger partial charge in [0.1, 0.15) is 5.82 Å². The van der Waals surface area contributed by atoms with Crippen LogP contribution in [0.4, 0.5) is 4.39 Å². The summed E-state index contributed by atoms with van der Waals surface area (Å²) in [6.45, 7) is 0. The number of fused-ring (bicyclic) bond motifs is 1. The van der Waals surface area contributed by atoms with Crippen LogP contribution in [0.15, 0.2) is 18.2 Å². The number of hydrogen-bond acceptors (Lipinski definition) is 1. The van der Waals surface area contributed by atoms with Crippen LogP contribution in [0.3, 0.4) is 0 Å². The molecule has 0 spiro atoms. The lowest BCUT2D eigenvalue weighted by Gasteiger charge is -2.42. The zero-order valence-electron chi connectivity index (χ0n) is 11.9. The van der Waals surface area contributed by atoms with Crippen LogP contribution in [0.1, 0.15) is 50.0 Å². The second-order valence-electron chi connectivity index (χ2n) is 6.37. The highest BCUT2D eigenvalue weighted by Crippen LogP contribution is 2.46. The summed E-state index contributed by atoms with van der Waals surface area (Å²) in [5, 5.41) is 0.225. The van der Waals surface area contributed by atoms with E-state index in [1.165, 1.54) is 38.5 Å². The number of benzene rings is 1. The van der Waals surface area contributed by atoms with Crippen molar-refractivity contribution in [1.82, 2.24) is 0 Å². The molecule has 4 unspecified atom stereocenters. The van der Waals surface area contributed by atoms with Crippen LogP contribution in [0.2, 0.25) is 5.02 Å². The average Bonchev–Trinajstić information content (AvgIpc) is 2.49. The molecular weight excluding hydrogens is 275 g/mol. The third-order valence-electron chi connectivity index (χ3n) is 5.31. The van der Waals surface area contributed by atoms with Gasteiger partial charge in [-0.05, 0) is 74.0 Å². The van der Waals surface area contributed by atoms with Gasteiger partial charge in [-0.3, -0.25) is 0 Å². The van der Waals surface area contributed by atoms with Gasteiger partial charge in [0.05, 0.1) is 11.1 Å². The first-order valence-electron chi connectivity index (χ1n) is 7.65. The van der Waals surface area contributed by atoms with E-state index in [-0.39, 0.29) is 10.8 Å². The van der Waals surface area contributed by atoms with Gasteiger partial charge >= 0.3 is 0 Å². The van der Waals surface area contributed by atoms with E-state index in [1.807, 2.05) is 13.2 Å². The first-order chi connectivity index (χ1) is 9.67. The highest BCUT2D eigenvalue weighted by Gasteiger charge is 2.36. The normalized spacial score (nSPS) is 33.8. The van der Waals surface area contributed by atoms with E-state index in [0.717, 1.165) is 17.4 Å². The van der Waals surface area contributed by atoms with Gasteiger partial charge in [0.15, 0.2) is 0 Å². The summed E-state index contributed by atoms with van der Waals surface area (Å²) in [4.78, 5) is 0. The molecule has 2 fully saturated rings. The number of rotatable bonds is 2. The predicted molar refractivity (Wildman–Crippen MR) is 79.6 cm³/mol. The standard InChI is InChI=1S/C17H22ClFO/c1-20-15-6-4-12-8-11(2-3-13(12)9-15)14-5-7-16(18)17(19)10-14/h5,7,10-13,15H,2-4,6,8-9H2,1H3. The van der Waals surface area contributed by atoms with Crippen molar-refractivity contribution in [2.75, 3.05) is 7.11 Å². The van der Waals surface area contributed by atoms with E-state index in [9.17, 15) is 4.39 Å². The Labute approximate surface area is 125 Å². The van der Waals surface area contributed by atoms with E-state index >= 15 is 0 Å². The molecule has 110 valence electrons. The maximum Gasteiger partial charge on any atom is 0.142 e. The maximum absolute atomic E-state index is 13.6. The summed E-state index contributed by atoms with van der Waals surface area (Å²) in [5.74, 6) is 1.82. The van der Waals surface area contributed by atoms with E-state index in [1.54, 1.807) is 12.1 Å². The van der Waals surface area contributed by atoms with Crippen LogP contribution in [-0.4, -0.2) is 13.2 Å². The zero-order chi connectivity index (χ0) is 14.1. The van der Waals surface area contributed by atoms with Crippen molar-refractivity contribution in [3.05, 3.63) is 34.6 Å². The molecule has 2 aliphatic rings. The molecule has 2 saturated carbocycles. The minimum atomic E-state index is -0.283. The van der Waals surface area contributed by atoms with Gasteiger partial charge in [0, 0.05) is 7.11 Å². The van der Waals surface area contributed by atoms with Crippen molar-refractivity contribution in [3.63, 3.8) is 0 Å². The highest BCUT2D eigenvalue weighted by atomic mass is 35.5. The van der Waals surface area contributed by atoms with Gasteiger partial charge in [-0.2, -0.15) is 0 Å². The molecule has 0 bridgehead atoms. The van der Waals surface area contributed by atoms with Crippen molar-refractivity contribution in [1.29, 1.82) is 0 Å². The van der Waals surface area contributed by atoms with Gasteiger partial charge in [-0.1, -0.05) is 17.7 Å². The Hall–Kier alpha value is -0.600. The number of methoxy groups -OCH3 is 1. The first kappa shape index (κ1) is 14.3. The van der Waals surface area contributed by atoms with Gasteiger partial charge in [0.25, 0.3) is 0 Å². The quantitative estimate of drug-likeness (QED) is 0.731. The Morgan fingerprint density at radius 2 is 1.85 bits per heavy atom. The number of hydrogen-bond donors (Lipinski definition) is 0. The average molecular weight is 297 g/mol. The molecular formula is C17H22ClFO. The summed E-state index contributed by atoms with van der Waals surface area (Å²) in [6, 6.07) is 5.32. The van der Waals surface area contributed by atoms with E-state index < -0.39 is 0 Å². The molecule has 1 nitrogen and oxygen atoms in total. The summed E-state index contributed by atoms with van der Waals surface area (Å²) in [6.07, 6.45) is 7.72. The summed E-state index contributed by atoms with van der Waals surface area (Å²) >= 11 is 5.77. The van der Waals surface area contributed by atoms with E-state index in [4.69, 9.17) is 16.3 Å². The maximum atomic E-state index is 13.6. The molecule has 1 aromatic carbocycles. The molecule has 0 N–H and O–H groups in total. The molecule has 3 rings (SSSR count). The minimum Gasteiger partial charge on any atom is -0.381 e. The van der Waals surface area contributed by atoms with Crippen LogP contribution in [0.25, 0.3) is 0 Å². The van der Waals surface area contributed by atoms with Gasteiger partial charge < -0.3 is 4.74 Å². The molecule has 0 aliphatic heterocycles. The van der Waals surface area contributed by atoms with Crippen LogP contribution < -0.4 is 0 Å². The summed E-state index contributed by atoms with van der Waals surface area (Å²) in [5.41, 5.74) is 1.12. The topological polar surface area (TPSA) is 9.23 Å². The molecule has 0 amide bonds. The lowest BCUT2D eigenvalue weighted by molar-refractivity contribution is 0.0123. The Bertz CT molecular complexity index is 476. The van der Waals surface area contributed by atoms with Crippen LogP contribution in [0.5, 0.6) is 0 Å². The van der Waals surface area contributed by atoms with Crippen LogP contribution in [0, 0.1) is 17.7 Å². The molecule has 1 aromatic rings. The highest BCUT2D eigenvalue weighted by molar-refractivity contribution is 6.30. The molecule has 0 aromatic heterocycles. The van der Waals surface area contributed by atoms with Crippen LogP contribution >= 0.6 is 11.6 Å². The molecule has 0 saturated heterocycles. The fraction of sp³-hybridized carbons (Fsp3) is 0.647. The zero-order valence-corrected chi connectivity index (χ0v) is 12.7.